The van der Waals surface area contributed by atoms with Crippen LogP contribution < -0.4 is 0 Å². The zero-order chi connectivity index (χ0) is 13.3. The molecule has 1 aliphatic carbocycles. The van der Waals surface area contributed by atoms with E-state index in [9.17, 15) is 9.90 Å². The minimum atomic E-state index is -0.499. The summed E-state index contributed by atoms with van der Waals surface area (Å²) in [5, 5.41) is 10.3. The SMILES string of the molecule is CN(C)C(=O)CN(C)C1Cc2ccccc2C1O. The van der Waals surface area contributed by atoms with Crippen LogP contribution in [0.15, 0.2) is 24.3 Å². The van der Waals surface area contributed by atoms with Gasteiger partial charge in [-0.1, -0.05) is 24.3 Å². The molecule has 2 unspecified atom stereocenters. The molecule has 1 aromatic rings. The van der Waals surface area contributed by atoms with Gasteiger partial charge in [0.2, 0.25) is 5.91 Å². The van der Waals surface area contributed by atoms with E-state index in [4.69, 9.17) is 0 Å². The maximum absolute atomic E-state index is 11.7. The molecule has 98 valence electrons. The second kappa shape index (κ2) is 5.08. The van der Waals surface area contributed by atoms with E-state index >= 15 is 0 Å². The second-order valence-corrected chi connectivity index (χ2v) is 5.12. The molecule has 0 saturated heterocycles. The summed E-state index contributed by atoms with van der Waals surface area (Å²) < 4.78 is 0. The van der Waals surface area contributed by atoms with Gasteiger partial charge in [-0.15, -0.1) is 0 Å². The average molecular weight is 248 g/mol. The summed E-state index contributed by atoms with van der Waals surface area (Å²) in [6.45, 7) is 0.336. The van der Waals surface area contributed by atoms with Crippen LogP contribution in [0.1, 0.15) is 17.2 Å². The number of carbonyl (C=O) groups is 1. The lowest BCUT2D eigenvalue weighted by Gasteiger charge is -2.27. The van der Waals surface area contributed by atoms with Gasteiger partial charge in [0.25, 0.3) is 0 Å². The van der Waals surface area contributed by atoms with Crippen LogP contribution in [0.3, 0.4) is 0 Å². The number of nitrogens with zero attached hydrogens (tertiary/aromatic N) is 2. The number of rotatable bonds is 3. The Kier molecular flexibility index (Phi) is 3.68. The fraction of sp³-hybridized carbons (Fsp3) is 0.500. The number of amides is 1. The Labute approximate surface area is 108 Å². The minimum Gasteiger partial charge on any atom is -0.387 e. The molecule has 2 rings (SSSR count). The number of aliphatic hydroxyl groups is 1. The standard InChI is InChI=1S/C14H20N2O2/c1-15(2)13(17)9-16(3)12-8-10-6-4-5-7-11(10)14(12)18/h4-7,12,14,18H,8-9H2,1-3H3. The van der Waals surface area contributed by atoms with E-state index < -0.39 is 6.10 Å². The molecular formula is C14H20N2O2. The summed E-state index contributed by atoms with van der Waals surface area (Å²) in [5.74, 6) is 0.0562. The first-order valence-corrected chi connectivity index (χ1v) is 6.17. The third-order valence-electron chi connectivity index (χ3n) is 3.62. The van der Waals surface area contributed by atoms with E-state index in [0.29, 0.717) is 6.54 Å². The third kappa shape index (κ3) is 2.40. The van der Waals surface area contributed by atoms with Crippen molar-refractivity contribution in [1.82, 2.24) is 9.80 Å². The Morgan fingerprint density at radius 1 is 1.33 bits per heavy atom. The van der Waals surface area contributed by atoms with E-state index in [2.05, 4.69) is 0 Å². The van der Waals surface area contributed by atoms with Gasteiger partial charge in [-0.05, 0) is 24.6 Å². The van der Waals surface area contributed by atoms with E-state index in [-0.39, 0.29) is 11.9 Å². The van der Waals surface area contributed by atoms with Crippen LogP contribution in [0.25, 0.3) is 0 Å². The third-order valence-corrected chi connectivity index (χ3v) is 3.62. The molecule has 0 heterocycles. The van der Waals surface area contributed by atoms with Crippen LogP contribution in [0.4, 0.5) is 0 Å². The Morgan fingerprint density at radius 3 is 2.61 bits per heavy atom. The number of fused-ring (bicyclic) bond motifs is 1. The smallest absolute Gasteiger partial charge is 0.236 e. The molecule has 0 aliphatic heterocycles. The molecule has 1 aromatic carbocycles. The van der Waals surface area contributed by atoms with Gasteiger partial charge in [0.1, 0.15) is 0 Å². The number of aliphatic hydroxyl groups excluding tert-OH is 1. The molecule has 18 heavy (non-hydrogen) atoms. The normalized spacial score (nSPS) is 22.1. The first-order valence-electron chi connectivity index (χ1n) is 6.17. The molecule has 0 radical (unpaired) electrons. The molecule has 1 amide bonds. The average Bonchev–Trinajstić information content (AvgIpc) is 2.67. The van der Waals surface area contributed by atoms with Crippen LogP contribution in [-0.4, -0.2) is 54.5 Å². The molecule has 0 aromatic heterocycles. The van der Waals surface area contributed by atoms with E-state index in [1.54, 1.807) is 19.0 Å². The van der Waals surface area contributed by atoms with Crippen LogP contribution >= 0.6 is 0 Å². The van der Waals surface area contributed by atoms with Crippen molar-refractivity contribution in [1.29, 1.82) is 0 Å². The van der Waals surface area contributed by atoms with Gasteiger partial charge >= 0.3 is 0 Å². The van der Waals surface area contributed by atoms with Gasteiger partial charge in [0, 0.05) is 20.1 Å². The van der Waals surface area contributed by atoms with E-state index in [0.717, 1.165) is 12.0 Å². The first-order chi connectivity index (χ1) is 8.50. The minimum absolute atomic E-state index is 0.00806. The van der Waals surface area contributed by atoms with Gasteiger partial charge < -0.3 is 10.0 Å². The Morgan fingerprint density at radius 2 is 2.00 bits per heavy atom. The van der Waals surface area contributed by atoms with Crippen LogP contribution in [0.2, 0.25) is 0 Å². The molecule has 2 atom stereocenters. The summed E-state index contributed by atoms with van der Waals surface area (Å²) in [6, 6.07) is 7.92. The summed E-state index contributed by atoms with van der Waals surface area (Å²) in [4.78, 5) is 15.2. The molecule has 0 fully saturated rings. The maximum Gasteiger partial charge on any atom is 0.236 e. The molecule has 0 saturated carbocycles. The summed E-state index contributed by atoms with van der Waals surface area (Å²) in [5.41, 5.74) is 2.17. The highest BCUT2D eigenvalue weighted by Crippen LogP contribution is 2.33. The van der Waals surface area contributed by atoms with Crippen LogP contribution in [0, 0.1) is 0 Å². The zero-order valence-electron chi connectivity index (χ0n) is 11.1. The van der Waals surface area contributed by atoms with Crippen molar-refractivity contribution in [2.45, 2.75) is 18.6 Å². The Hall–Kier alpha value is -1.39. The van der Waals surface area contributed by atoms with Gasteiger partial charge in [0.15, 0.2) is 0 Å². The molecule has 4 heteroatoms. The Balaban J connectivity index is 2.07. The van der Waals surface area contributed by atoms with Crippen molar-refractivity contribution >= 4 is 5.91 Å². The molecular weight excluding hydrogens is 228 g/mol. The highest BCUT2D eigenvalue weighted by molar-refractivity contribution is 5.77. The first kappa shape index (κ1) is 13.1. The van der Waals surface area contributed by atoms with Gasteiger partial charge in [-0.25, -0.2) is 0 Å². The predicted octanol–water partition coefficient (Wildman–Crippen LogP) is 0.665. The molecule has 0 bridgehead atoms. The largest absolute Gasteiger partial charge is 0.387 e. The fourth-order valence-electron chi connectivity index (χ4n) is 2.42. The molecule has 1 aliphatic rings. The maximum atomic E-state index is 11.7. The number of likely N-dealkylation sites (N-methyl/N-ethyl adjacent to an activating group) is 2. The lowest BCUT2D eigenvalue weighted by Crippen LogP contribution is -2.42. The van der Waals surface area contributed by atoms with E-state index in [1.807, 2.05) is 36.2 Å². The van der Waals surface area contributed by atoms with Crippen molar-refractivity contribution < 1.29 is 9.90 Å². The fourth-order valence-corrected chi connectivity index (χ4v) is 2.42. The molecule has 0 spiro atoms. The molecule has 1 N–H and O–H groups in total. The van der Waals surface area contributed by atoms with Crippen molar-refractivity contribution in [3.63, 3.8) is 0 Å². The molecule has 4 nitrogen and oxygen atoms in total. The van der Waals surface area contributed by atoms with Crippen LogP contribution in [0.5, 0.6) is 0 Å². The summed E-state index contributed by atoms with van der Waals surface area (Å²) in [6.07, 6.45) is 0.301. The van der Waals surface area contributed by atoms with E-state index in [1.165, 1.54) is 5.56 Å². The highest BCUT2D eigenvalue weighted by atomic mass is 16.3. The lowest BCUT2D eigenvalue weighted by molar-refractivity contribution is -0.130. The summed E-state index contributed by atoms with van der Waals surface area (Å²) in [7, 11) is 5.38. The predicted molar refractivity (Wildman–Crippen MR) is 70.2 cm³/mol. The van der Waals surface area contributed by atoms with Crippen molar-refractivity contribution in [3.8, 4) is 0 Å². The van der Waals surface area contributed by atoms with Gasteiger partial charge in [0.05, 0.1) is 12.6 Å². The lowest BCUT2D eigenvalue weighted by atomic mass is 10.1. The van der Waals surface area contributed by atoms with Gasteiger partial charge in [-0.2, -0.15) is 0 Å². The van der Waals surface area contributed by atoms with Gasteiger partial charge in [-0.3, -0.25) is 9.69 Å². The Bertz CT molecular complexity index is 445. The second-order valence-electron chi connectivity index (χ2n) is 5.12. The van der Waals surface area contributed by atoms with Crippen molar-refractivity contribution in [2.75, 3.05) is 27.7 Å². The number of carbonyl (C=O) groups excluding carboxylic acids is 1. The zero-order valence-corrected chi connectivity index (χ0v) is 11.1. The summed E-state index contributed by atoms with van der Waals surface area (Å²) >= 11 is 0. The van der Waals surface area contributed by atoms with Crippen molar-refractivity contribution in [3.05, 3.63) is 35.4 Å². The van der Waals surface area contributed by atoms with Crippen molar-refractivity contribution in [2.24, 2.45) is 0 Å². The van der Waals surface area contributed by atoms with Crippen LogP contribution in [-0.2, 0) is 11.2 Å². The number of hydrogen-bond donors (Lipinski definition) is 1. The monoisotopic (exact) mass is 248 g/mol. The topological polar surface area (TPSA) is 43.8 Å². The highest BCUT2D eigenvalue weighted by Gasteiger charge is 2.33. The number of benzene rings is 1. The number of hydrogen-bond acceptors (Lipinski definition) is 3. The quantitative estimate of drug-likeness (QED) is 0.855.